The fraction of sp³-hybridized carbons (Fsp3) is 0.533. The Bertz CT molecular complexity index is 560. The van der Waals surface area contributed by atoms with Crippen LogP contribution < -0.4 is 0 Å². The van der Waals surface area contributed by atoms with Crippen molar-refractivity contribution in [3.8, 4) is 0 Å². The molecule has 1 N–H and O–H groups in total. The second-order valence-corrected chi connectivity index (χ2v) is 5.09. The quantitative estimate of drug-likeness (QED) is 0.641. The van der Waals surface area contributed by atoms with E-state index in [4.69, 9.17) is 0 Å². The lowest BCUT2D eigenvalue weighted by molar-refractivity contribution is -0.140. The van der Waals surface area contributed by atoms with E-state index < -0.39 is 0 Å². The molecular weight excluding hydrogens is 272 g/mol. The number of ketones is 1. The Morgan fingerprint density at radius 3 is 2.33 bits per heavy atom. The molecule has 0 aromatic carbocycles. The number of ether oxygens (including phenoxy) is 1. The summed E-state index contributed by atoms with van der Waals surface area (Å²) in [6.45, 7) is 5.46. The minimum Gasteiger partial charge on any atom is -0.469 e. The molecule has 0 unspecified atom stereocenters. The Morgan fingerprint density at radius 1 is 1.24 bits per heavy atom. The predicted octanol–water partition coefficient (Wildman–Crippen LogP) is 1.86. The van der Waals surface area contributed by atoms with Gasteiger partial charge in [-0.15, -0.1) is 0 Å². The second kappa shape index (κ2) is 7.06. The first-order chi connectivity index (χ1) is 9.79. The van der Waals surface area contributed by atoms with Crippen LogP contribution in [0.2, 0.25) is 0 Å². The molecule has 0 atom stereocenters. The fourth-order valence-corrected chi connectivity index (χ4v) is 2.35. The average Bonchev–Trinajstić information content (AvgIpc) is 2.72. The summed E-state index contributed by atoms with van der Waals surface area (Å²) < 4.78 is 4.56. The van der Waals surface area contributed by atoms with Gasteiger partial charge in [-0.1, -0.05) is 0 Å². The highest BCUT2D eigenvalue weighted by molar-refractivity contribution is 6.02. The smallest absolute Gasteiger partial charge is 0.305 e. The molecule has 6 heteroatoms. The summed E-state index contributed by atoms with van der Waals surface area (Å²) in [6.07, 6.45) is 0.808. The van der Waals surface area contributed by atoms with Crippen LogP contribution in [0.5, 0.6) is 0 Å². The molecule has 1 amide bonds. The number of aromatic nitrogens is 1. The summed E-state index contributed by atoms with van der Waals surface area (Å²) >= 11 is 0. The van der Waals surface area contributed by atoms with Crippen LogP contribution in [0.1, 0.15) is 51.9 Å². The minimum atomic E-state index is -0.290. The summed E-state index contributed by atoms with van der Waals surface area (Å²) in [5.74, 6) is -0.539. The molecule has 0 spiro atoms. The van der Waals surface area contributed by atoms with Crippen molar-refractivity contribution in [1.29, 1.82) is 0 Å². The van der Waals surface area contributed by atoms with Crippen molar-refractivity contribution in [2.24, 2.45) is 0 Å². The maximum atomic E-state index is 12.4. The van der Waals surface area contributed by atoms with Crippen molar-refractivity contribution >= 4 is 17.7 Å². The number of hydrogen-bond donors (Lipinski definition) is 1. The standard InChI is InChI=1S/C15H22N2O4/c1-9-13(11(3)18)10(2)16-14(9)15(20)17(4)8-6-7-12(19)21-5/h16H,6-8H2,1-5H3. The fourth-order valence-electron chi connectivity index (χ4n) is 2.35. The maximum absolute atomic E-state index is 12.4. The van der Waals surface area contributed by atoms with Gasteiger partial charge in [0.05, 0.1) is 7.11 Å². The van der Waals surface area contributed by atoms with Crippen LogP contribution in [0, 0.1) is 13.8 Å². The molecule has 0 aliphatic rings. The van der Waals surface area contributed by atoms with Gasteiger partial charge in [0.25, 0.3) is 5.91 Å². The summed E-state index contributed by atoms with van der Waals surface area (Å²) in [4.78, 5) is 39.5. The van der Waals surface area contributed by atoms with E-state index in [0.717, 1.165) is 0 Å². The highest BCUT2D eigenvalue weighted by Crippen LogP contribution is 2.19. The molecule has 116 valence electrons. The van der Waals surface area contributed by atoms with Crippen LogP contribution >= 0.6 is 0 Å². The third kappa shape index (κ3) is 3.93. The molecule has 0 fully saturated rings. The zero-order valence-corrected chi connectivity index (χ0v) is 13.2. The van der Waals surface area contributed by atoms with Crippen LogP contribution in [0.15, 0.2) is 0 Å². The van der Waals surface area contributed by atoms with E-state index >= 15 is 0 Å². The molecule has 0 aliphatic carbocycles. The predicted molar refractivity (Wildman–Crippen MR) is 78.5 cm³/mol. The normalized spacial score (nSPS) is 10.3. The first-order valence-electron chi connectivity index (χ1n) is 6.82. The Balaban J connectivity index is 2.77. The summed E-state index contributed by atoms with van der Waals surface area (Å²) in [7, 11) is 3.01. The molecular formula is C15H22N2O4. The third-order valence-electron chi connectivity index (χ3n) is 3.45. The maximum Gasteiger partial charge on any atom is 0.305 e. The summed E-state index contributed by atoms with van der Waals surface area (Å²) in [5.41, 5.74) is 2.37. The van der Waals surface area contributed by atoms with Crippen molar-refractivity contribution in [2.45, 2.75) is 33.6 Å². The molecule has 0 saturated heterocycles. The molecule has 6 nitrogen and oxygen atoms in total. The molecule has 0 aliphatic heterocycles. The molecule has 1 aromatic rings. The second-order valence-electron chi connectivity index (χ2n) is 5.09. The monoisotopic (exact) mass is 294 g/mol. The highest BCUT2D eigenvalue weighted by Gasteiger charge is 2.22. The van der Waals surface area contributed by atoms with E-state index in [1.807, 2.05) is 0 Å². The number of nitrogens with zero attached hydrogens (tertiary/aromatic N) is 1. The van der Waals surface area contributed by atoms with Crippen molar-refractivity contribution in [1.82, 2.24) is 9.88 Å². The summed E-state index contributed by atoms with van der Waals surface area (Å²) in [5, 5.41) is 0. The number of aryl methyl sites for hydroxylation is 1. The van der Waals surface area contributed by atoms with Gasteiger partial charge in [0, 0.05) is 31.3 Å². The molecule has 1 aromatic heterocycles. The molecule has 1 heterocycles. The van der Waals surface area contributed by atoms with Crippen LogP contribution in [-0.4, -0.2) is 48.2 Å². The number of rotatable bonds is 6. The first-order valence-corrected chi connectivity index (χ1v) is 6.82. The van der Waals surface area contributed by atoms with Gasteiger partial charge in [0.15, 0.2) is 5.78 Å². The number of aromatic amines is 1. The molecule has 0 bridgehead atoms. The number of carbonyl (C=O) groups excluding carboxylic acids is 3. The lowest BCUT2D eigenvalue weighted by Crippen LogP contribution is -2.29. The van der Waals surface area contributed by atoms with E-state index in [-0.39, 0.29) is 24.1 Å². The zero-order valence-electron chi connectivity index (χ0n) is 13.2. The SMILES string of the molecule is COC(=O)CCCN(C)C(=O)c1[nH]c(C)c(C(C)=O)c1C. The van der Waals surface area contributed by atoms with Crippen molar-refractivity contribution in [3.05, 3.63) is 22.5 Å². The van der Waals surface area contributed by atoms with Crippen LogP contribution in [0.25, 0.3) is 0 Å². The third-order valence-corrected chi connectivity index (χ3v) is 3.45. The van der Waals surface area contributed by atoms with Gasteiger partial charge < -0.3 is 14.6 Å². The molecule has 0 radical (unpaired) electrons. The number of hydrogen-bond acceptors (Lipinski definition) is 4. The molecule has 0 saturated carbocycles. The number of nitrogens with one attached hydrogen (secondary N) is 1. The van der Waals surface area contributed by atoms with Crippen molar-refractivity contribution < 1.29 is 19.1 Å². The number of H-pyrrole nitrogens is 1. The highest BCUT2D eigenvalue weighted by atomic mass is 16.5. The Labute approximate surface area is 124 Å². The van der Waals surface area contributed by atoms with E-state index in [1.54, 1.807) is 20.9 Å². The van der Waals surface area contributed by atoms with Gasteiger partial charge in [-0.05, 0) is 32.8 Å². The van der Waals surface area contributed by atoms with Gasteiger partial charge in [-0.3, -0.25) is 14.4 Å². The minimum absolute atomic E-state index is 0.0614. The van der Waals surface area contributed by atoms with Crippen LogP contribution in [-0.2, 0) is 9.53 Å². The van der Waals surface area contributed by atoms with Crippen LogP contribution in [0.4, 0.5) is 0 Å². The largest absolute Gasteiger partial charge is 0.469 e. The first kappa shape index (κ1) is 16.9. The number of amides is 1. The van der Waals surface area contributed by atoms with Gasteiger partial charge in [-0.2, -0.15) is 0 Å². The Morgan fingerprint density at radius 2 is 1.86 bits per heavy atom. The average molecular weight is 294 g/mol. The van der Waals surface area contributed by atoms with Crippen LogP contribution in [0.3, 0.4) is 0 Å². The molecule has 21 heavy (non-hydrogen) atoms. The van der Waals surface area contributed by atoms with Crippen molar-refractivity contribution in [3.63, 3.8) is 0 Å². The van der Waals surface area contributed by atoms with Gasteiger partial charge >= 0.3 is 5.97 Å². The topological polar surface area (TPSA) is 79.5 Å². The lowest BCUT2D eigenvalue weighted by Gasteiger charge is -2.16. The number of Topliss-reactive ketones (excluding diaryl/α,β-unsaturated/α-hetero) is 1. The van der Waals surface area contributed by atoms with E-state index in [1.165, 1.54) is 18.9 Å². The number of methoxy groups -OCH3 is 1. The van der Waals surface area contributed by atoms with Gasteiger partial charge in [0.1, 0.15) is 5.69 Å². The van der Waals surface area contributed by atoms with E-state index in [9.17, 15) is 14.4 Å². The lowest BCUT2D eigenvalue weighted by atomic mass is 10.1. The number of esters is 1. The van der Waals surface area contributed by atoms with Crippen molar-refractivity contribution in [2.75, 3.05) is 20.7 Å². The number of carbonyl (C=O) groups is 3. The summed E-state index contributed by atoms with van der Waals surface area (Å²) in [6, 6.07) is 0. The van der Waals surface area contributed by atoms with E-state index in [0.29, 0.717) is 35.5 Å². The van der Waals surface area contributed by atoms with Gasteiger partial charge in [-0.25, -0.2) is 0 Å². The molecule has 1 rings (SSSR count). The van der Waals surface area contributed by atoms with E-state index in [2.05, 4.69) is 9.72 Å². The Hall–Kier alpha value is -2.11. The Kier molecular flexibility index (Phi) is 5.69. The van der Waals surface area contributed by atoms with Gasteiger partial charge in [0.2, 0.25) is 0 Å². The zero-order chi connectivity index (χ0) is 16.2.